The average molecular weight is 327 g/mol. The van der Waals surface area contributed by atoms with Crippen molar-refractivity contribution in [2.45, 2.75) is 51.4 Å². The van der Waals surface area contributed by atoms with Crippen LogP contribution in [0.5, 0.6) is 0 Å². The van der Waals surface area contributed by atoms with Gasteiger partial charge in [0.15, 0.2) is 0 Å². The summed E-state index contributed by atoms with van der Waals surface area (Å²) in [5, 5.41) is 0. The first-order valence-electron chi connectivity index (χ1n) is 6.60. The topological polar surface area (TPSA) is 38.5 Å². The van der Waals surface area contributed by atoms with E-state index >= 15 is 0 Å². The first-order chi connectivity index (χ1) is 8.62. The van der Waals surface area contributed by atoms with Crippen molar-refractivity contribution in [3.8, 4) is 0 Å². The molecule has 2 rings (SSSR count). The summed E-state index contributed by atoms with van der Waals surface area (Å²) in [6.07, 6.45) is 0.992. The SMILES string of the molecule is CN(c1ccc(Br)cc1N)C1CC(C)(C)OC1(C)C. The van der Waals surface area contributed by atoms with E-state index in [0.29, 0.717) is 6.04 Å². The predicted octanol–water partition coefficient (Wildman–Crippen LogP) is 3.81. The third-order valence-electron chi connectivity index (χ3n) is 3.86. The number of likely N-dealkylation sites (N-methyl/N-ethyl adjacent to an activating group) is 1. The van der Waals surface area contributed by atoms with Crippen LogP contribution >= 0.6 is 15.9 Å². The number of nitrogens with zero attached hydrogens (tertiary/aromatic N) is 1. The highest BCUT2D eigenvalue weighted by Crippen LogP contribution is 2.42. The van der Waals surface area contributed by atoms with E-state index in [-0.39, 0.29) is 11.2 Å². The minimum Gasteiger partial charge on any atom is -0.397 e. The van der Waals surface area contributed by atoms with Gasteiger partial charge in [-0.05, 0) is 52.3 Å². The minimum absolute atomic E-state index is 0.0907. The van der Waals surface area contributed by atoms with Gasteiger partial charge >= 0.3 is 0 Å². The Morgan fingerprint density at radius 3 is 2.42 bits per heavy atom. The van der Waals surface area contributed by atoms with Crippen molar-refractivity contribution < 1.29 is 4.74 Å². The van der Waals surface area contributed by atoms with E-state index in [1.807, 2.05) is 12.1 Å². The molecule has 1 aliphatic heterocycles. The summed E-state index contributed by atoms with van der Waals surface area (Å²) in [4.78, 5) is 2.25. The quantitative estimate of drug-likeness (QED) is 0.840. The number of nitrogen functional groups attached to an aromatic ring is 1. The molecule has 0 amide bonds. The Balaban J connectivity index is 2.31. The van der Waals surface area contributed by atoms with Gasteiger partial charge in [-0.3, -0.25) is 0 Å². The highest BCUT2D eigenvalue weighted by Gasteiger charge is 2.47. The van der Waals surface area contributed by atoms with Crippen LogP contribution in [0.25, 0.3) is 0 Å². The molecule has 0 aliphatic carbocycles. The first kappa shape index (κ1) is 14.7. The normalized spacial score (nSPS) is 24.4. The molecule has 1 heterocycles. The molecule has 106 valence electrons. The Labute approximate surface area is 124 Å². The summed E-state index contributed by atoms with van der Waals surface area (Å²) in [6, 6.07) is 6.34. The monoisotopic (exact) mass is 326 g/mol. The van der Waals surface area contributed by atoms with Crippen molar-refractivity contribution >= 4 is 27.3 Å². The van der Waals surface area contributed by atoms with Gasteiger partial charge in [0.05, 0.1) is 28.6 Å². The molecule has 1 aromatic rings. The zero-order chi connectivity index (χ0) is 14.4. The van der Waals surface area contributed by atoms with Gasteiger partial charge in [0, 0.05) is 11.5 Å². The average Bonchev–Trinajstić information content (AvgIpc) is 2.45. The molecule has 1 aliphatic rings. The molecule has 1 unspecified atom stereocenters. The number of hydrogen-bond acceptors (Lipinski definition) is 3. The maximum atomic E-state index is 6.16. The Kier molecular flexibility index (Phi) is 3.60. The fraction of sp³-hybridized carbons (Fsp3) is 0.600. The summed E-state index contributed by atoms with van der Waals surface area (Å²) in [6.45, 7) is 8.59. The molecule has 0 radical (unpaired) electrons. The Bertz CT molecular complexity index is 485. The van der Waals surface area contributed by atoms with Crippen molar-refractivity contribution in [3.05, 3.63) is 22.7 Å². The van der Waals surface area contributed by atoms with Crippen LogP contribution in [0, 0.1) is 0 Å². The first-order valence-corrected chi connectivity index (χ1v) is 7.40. The largest absolute Gasteiger partial charge is 0.397 e. The molecule has 0 bridgehead atoms. The second kappa shape index (κ2) is 4.67. The van der Waals surface area contributed by atoms with Crippen LogP contribution in [0.15, 0.2) is 22.7 Å². The molecule has 19 heavy (non-hydrogen) atoms. The summed E-state index contributed by atoms with van der Waals surface area (Å²) >= 11 is 3.45. The molecule has 0 aromatic heterocycles. The molecular weight excluding hydrogens is 304 g/mol. The van der Waals surface area contributed by atoms with Gasteiger partial charge in [-0.1, -0.05) is 15.9 Å². The highest BCUT2D eigenvalue weighted by molar-refractivity contribution is 9.10. The number of ether oxygens (including phenoxy) is 1. The lowest BCUT2D eigenvalue weighted by molar-refractivity contribution is -0.0676. The second-order valence-corrected chi connectivity index (χ2v) is 7.41. The smallest absolute Gasteiger partial charge is 0.0836 e. The van der Waals surface area contributed by atoms with Crippen molar-refractivity contribution in [1.29, 1.82) is 0 Å². The predicted molar refractivity (Wildman–Crippen MR) is 84.6 cm³/mol. The fourth-order valence-corrected chi connectivity index (χ4v) is 3.53. The zero-order valence-electron chi connectivity index (χ0n) is 12.3. The standard InChI is InChI=1S/C15H23BrN2O/c1-14(2)9-13(15(3,4)19-14)18(5)12-7-6-10(16)8-11(12)17/h6-8,13H,9,17H2,1-5H3. The Hall–Kier alpha value is -0.740. The lowest BCUT2D eigenvalue weighted by Gasteiger charge is -2.35. The van der Waals surface area contributed by atoms with Gasteiger partial charge in [0.25, 0.3) is 0 Å². The van der Waals surface area contributed by atoms with E-state index in [4.69, 9.17) is 10.5 Å². The van der Waals surface area contributed by atoms with Crippen LogP contribution in [-0.4, -0.2) is 24.3 Å². The maximum absolute atomic E-state index is 6.16. The Morgan fingerprint density at radius 2 is 1.95 bits per heavy atom. The van der Waals surface area contributed by atoms with Gasteiger partial charge < -0.3 is 15.4 Å². The van der Waals surface area contributed by atoms with E-state index in [0.717, 1.165) is 22.3 Å². The van der Waals surface area contributed by atoms with Crippen molar-refractivity contribution in [2.75, 3.05) is 17.7 Å². The van der Waals surface area contributed by atoms with E-state index in [9.17, 15) is 0 Å². The number of hydrogen-bond donors (Lipinski definition) is 1. The van der Waals surface area contributed by atoms with Crippen LogP contribution in [0.4, 0.5) is 11.4 Å². The number of rotatable bonds is 2. The van der Waals surface area contributed by atoms with Crippen molar-refractivity contribution in [3.63, 3.8) is 0 Å². The van der Waals surface area contributed by atoms with Gasteiger partial charge in [0.2, 0.25) is 0 Å². The number of nitrogens with two attached hydrogens (primary N) is 1. The molecule has 4 heteroatoms. The van der Waals surface area contributed by atoms with E-state index < -0.39 is 0 Å². The minimum atomic E-state index is -0.183. The van der Waals surface area contributed by atoms with Crippen LogP contribution < -0.4 is 10.6 Å². The highest BCUT2D eigenvalue weighted by atomic mass is 79.9. The van der Waals surface area contributed by atoms with Crippen LogP contribution in [0.3, 0.4) is 0 Å². The Morgan fingerprint density at radius 1 is 1.32 bits per heavy atom. The van der Waals surface area contributed by atoms with Crippen LogP contribution in [0.2, 0.25) is 0 Å². The van der Waals surface area contributed by atoms with E-state index in [2.05, 4.69) is 61.6 Å². The van der Waals surface area contributed by atoms with Crippen LogP contribution in [-0.2, 0) is 4.74 Å². The molecule has 0 saturated carbocycles. The summed E-state index contributed by atoms with van der Waals surface area (Å²) in [5.74, 6) is 0. The molecule has 0 spiro atoms. The lowest BCUT2D eigenvalue weighted by atomic mass is 9.93. The molecule has 1 aromatic carbocycles. The molecule has 1 saturated heterocycles. The van der Waals surface area contributed by atoms with Gasteiger partial charge in [-0.25, -0.2) is 0 Å². The van der Waals surface area contributed by atoms with E-state index in [1.54, 1.807) is 0 Å². The van der Waals surface area contributed by atoms with Gasteiger partial charge in [-0.15, -0.1) is 0 Å². The number of benzene rings is 1. The maximum Gasteiger partial charge on any atom is 0.0836 e. The third-order valence-corrected chi connectivity index (χ3v) is 4.36. The molecule has 2 N–H and O–H groups in total. The molecule has 3 nitrogen and oxygen atoms in total. The van der Waals surface area contributed by atoms with Crippen molar-refractivity contribution in [1.82, 2.24) is 0 Å². The zero-order valence-corrected chi connectivity index (χ0v) is 13.9. The summed E-state index contributed by atoms with van der Waals surface area (Å²) in [5.41, 5.74) is 7.71. The molecular formula is C15H23BrN2O. The molecule has 1 atom stereocenters. The number of anilines is 2. The summed E-state index contributed by atoms with van der Waals surface area (Å²) in [7, 11) is 2.09. The second-order valence-electron chi connectivity index (χ2n) is 6.50. The third kappa shape index (κ3) is 2.90. The summed E-state index contributed by atoms with van der Waals surface area (Å²) < 4.78 is 7.17. The lowest BCUT2D eigenvalue weighted by Crippen LogP contribution is -2.44. The van der Waals surface area contributed by atoms with Crippen molar-refractivity contribution in [2.24, 2.45) is 0 Å². The fourth-order valence-electron chi connectivity index (χ4n) is 3.15. The van der Waals surface area contributed by atoms with Gasteiger partial charge in [0.1, 0.15) is 0 Å². The van der Waals surface area contributed by atoms with Crippen LogP contribution in [0.1, 0.15) is 34.1 Å². The van der Waals surface area contributed by atoms with E-state index in [1.165, 1.54) is 0 Å². The number of halogens is 1. The molecule has 1 fully saturated rings. The van der Waals surface area contributed by atoms with Gasteiger partial charge in [-0.2, -0.15) is 0 Å².